The molecule has 0 radical (unpaired) electrons. The molecular formula is C26H25N3O3. The van der Waals surface area contributed by atoms with Gasteiger partial charge in [-0.3, -0.25) is 14.4 Å². The minimum atomic E-state index is -0.922. The third-order valence-corrected chi connectivity index (χ3v) is 5.60. The van der Waals surface area contributed by atoms with Crippen LogP contribution < -0.4 is 16.0 Å². The highest BCUT2D eigenvalue weighted by molar-refractivity contribution is 6.10. The molecule has 6 heteroatoms. The second kappa shape index (κ2) is 9.92. The first-order valence-corrected chi connectivity index (χ1v) is 10.7. The summed E-state index contributed by atoms with van der Waals surface area (Å²) in [7, 11) is 0. The summed E-state index contributed by atoms with van der Waals surface area (Å²) in [6.45, 7) is 0.454. The molecule has 162 valence electrons. The van der Waals surface area contributed by atoms with Gasteiger partial charge in [-0.05, 0) is 29.7 Å². The lowest BCUT2D eigenvalue weighted by atomic mass is 9.88. The fourth-order valence-corrected chi connectivity index (χ4v) is 3.97. The van der Waals surface area contributed by atoms with Gasteiger partial charge in [-0.25, -0.2) is 0 Å². The number of anilines is 1. The van der Waals surface area contributed by atoms with Crippen LogP contribution in [0.5, 0.6) is 0 Å². The topological polar surface area (TPSA) is 87.3 Å². The molecule has 0 aliphatic carbocycles. The van der Waals surface area contributed by atoms with Crippen LogP contribution in [-0.2, 0) is 9.59 Å². The molecule has 0 spiro atoms. The number of hydrogen-bond donors (Lipinski definition) is 3. The molecule has 4 rings (SSSR count). The van der Waals surface area contributed by atoms with Crippen molar-refractivity contribution >= 4 is 23.4 Å². The van der Waals surface area contributed by atoms with E-state index in [4.69, 9.17) is 0 Å². The fraction of sp³-hybridized carbons (Fsp3) is 0.192. The number of nitrogens with one attached hydrogen (secondary N) is 3. The Labute approximate surface area is 187 Å². The van der Waals surface area contributed by atoms with E-state index in [9.17, 15) is 14.4 Å². The zero-order chi connectivity index (χ0) is 22.3. The van der Waals surface area contributed by atoms with Crippen LogP contribution in [0.4, 0.5) is 5.69 Å². The molecular weight excluding hydrogens is 402 g/mol. The lowest BCUT2D eigenvalue weighted by molar-refractivity contribution is -0.125. The van der Waals surface area contributed by atoms with E-state index < -0.39 is 11.9 Å². The van der Waals surface area contributed by atoms with Crippen molar-refractivity contribution < 1.29 is 14.4 Å². The Morgan fingerprint density at radius 3 is 2.09 bits per heavy atom. The van der Waals surface area contributed by atoms with E-state index in [1.54, 1.807) is 24.3 Å². The lowest BCUT2D eigenvalue weighted by Gasteiger charge is -2.19. The highest BCUT2D eigenvalue weighted by Gasteiger charge is 2.29. The number of benzene rings is 3. The summed E-state index contributed by atoms with van der Waals surface area (Å²) in [6, 6.07) is 26.2. The number of amides is 3. The quantitative estimate of drug-likeness (QED) is 0.540. The number of para-hydroxylation sites is 1. The zero-order valence-electron chi connectivity index (χ0n) is 17.6. The third-order valence-electron chi connectivity index (χ3n) is 5.60. The van der Waals surface area contributed by atoms with E-state index in [0.29, 0.717) is 24.2 Å². The molecule has 3 aromatic rings. The van der Waals surface area contributed by atoms with Gasteiger partial charge in [0.1, 0.15) is 6.04 Å². The average molecular weight is 428 g/mol. The van der Waals surface area contributed by atoms with Gasteiger partial charge >= 0.3 is 0 Å². The minimum absolute atomic E-state index is 0.118. The molecule has 0 aromatic heterocycles. The van der Waals surface area contributed by atoms with Gasteiger partial charge in [-0.1, -0.05) is 72.8 Å². The summed E-state index contributed by atoms with van der Waals surface area (Å²) >= 11 is 0. The maximum absolute atomic E-state index is 12.6. The largest absolute Gasteiger partial charge is 0.356 e. The predicted molar refractivity (Wildman–Crippen MR) is 123 cm³/mol. The van der Waals surface area contributed by atoms with E-state index in [1.165, 1.54) is 11.1 Å². The van der Waals surface area contributed by atoms with Gasteiger partial charge in [-0.2, -0.15) is 0 Å². The number of carbonyl (C=O) groups excluding carboxylic acids is 3. The first-order chi connectivity index (χ1) is 15.6. The number of rotatable bonds is 7. The second-order valence-corrected chi connectivity index (χ2v) is 7.78. The zero-order valence-corrected chi connectivity index (χ0v) is 17.6. The molecule has 0 saturated carbocycles. The Bertz CT molecular complexity index is 1060. The SMILES string of the molecule is O=C(C[C@@H]1NC(=O)c2ccccc2NC1=O)NCCC(c1ccccc1)c1ccccc1. The normalized spacial score (nSPS) is 15.3. The van der Waals surface area contributed by atoms with Crippen LogP contribution in [0.3, 0.4) is 0 Å². The van der Waals surface area contributed by atoms with Crippen LogP contribution >= 0.6 is 0 Å². The van der Waals surface area contributed by atoms with Crippen molar-refractivity contribution in [3.05, 3.63) is 102 Å². The molecule has 3 aromatic carbocycles. The van der Waals surface area contributed by atoms with Crippen LogP contribution in [-0.4, -0.2) is 30.3 Å². The van der Waals surface area contributed by atoms with Crippen molar-refractivity contribution in [2.45, 2.75) is 24.8 Å². The van der Waals surface area contributed by atoms with Gasteiger partial charge < -0.3 is 16.0 Å². The lowest BCUT2D eigenvalue weighted by Crippen LogP contribution is -2.44. The molecule has 1 heterocycles. The summed E-state index contributed by atoms with van der Waals surface area (Å²) in [5, 5.41) is 8.28. The summed E-state index contributed by atoms with van der Waals surface area (Å²) in [4.78, 5) is 37.5. The Morgan fingerprint density at radius 2 is 1.44 bits per heavy atom. The van der Waals surface area contributed by atoms with Crippen LogP contribution in [0.25, 0.3) is 0 Å². The third kappa shape index (κ3) is 5.03. The van der Waals surface area contributed by atoms with Gasteiger partial charge in [0, 0.05) is 12.5 Å². The van der Waals surface area contributed by atoms with Crippen LogP contribution in [0.15, 0.2) is 84.9 Å². The second-order valence-electron chi connectivity index (χ2n) is 7.78. The van der Waals surface area contributed by atoms with Gasteiger partial charge in [0.15, 0.2) is 0 Å². The molecule has 1 atom stereocenters. The average Bonchev–Trinajstić information content (AvgIpc) is 2.94. The van der Waals surface area contributed by atoms with Gasteiger partial charge in [0.05, 0.1) is 17.7 Å². The standard InChI is InChI=1S/C26H25N3O3/c30-24(17-23-26(32)28-22-14-8-7-13-21(22)25(31)29-23)27-16-15-20(18-9-3-1-4-10-18)19-11-5-2-6-12-19/h1-14,20,23H,15-17H2,(H,27,30)(H,28,32)(H,29,31)/t23-/m0/s1. The Kier molecular flexibility index (Phi) is 6.60. The van der Waals surface area contributed by atoms with Crippen molar-refractivity contribution in [1.82, 2.24) is 10.6 Å². The summed E-state index contributed by atoms with van der Waals surface area (Å²) in [5.41, 5.74) is 3.20. The van der Waals surface area contributed by atoms with E-state index in [2.05, 4.69) is 40.2 Å². The van der Waals surface area contributed by atoms with Gasteiger partial charge in [0.2, 0.25) is 11.8 Å². The molecule has 0 unspecified atom stereocenters. The molecule has 0 fully saturated rings. The number of fused-ring (bicyclic) bond motifs is 1. The van der Waals surface area contributed by atoms with E-state index in [0.717, 1.165) is 0 Å². The molecule has 0 bridgehead atoms. The van der Waals surface area contributed by atoms with Crippen molar-refractivity contribution in [2.75, 3.05) is 11.9 Å². The Hall–Kier alpha value is -3.93. The minimum Gasteiger partial charge on any atom is -0.356 e. The van der Waals surface area contributed by atoms with E-state index in [1.807, 2.05) is 36.4 Å². The summed E-state index contributed by atoms with van der Waals surface area (Å²) < 4.78 is 0. The van der Waals surface area contributed by atoms with E-state index in [-0.39, 0.29) is 24.2 Å². The Balaban J connectivity index is 1.36. The molecule has 0 saturated heterocycles. The van der Waals surface area contributed by atoms with Crippen LogP contribution in [0, 0.1) is 0 Å². The maximum atomic E-state index is 12.6. The van der Waals surface area contributed by atoms with Crippen LogP contribution in [0.1, 0.15) is 40.2 Å². The van der Waals surface area contributed by atoms with Gasteiger partial charge in [-0.15, -0.1) is 0 Å². The highest BCUT2D eigenvalue weighted by atomic mass is 16.2. The molecule has 32 heavy (non-hydrogen) atoms. The number of hydrogen-bond acceptors (Lipinski definition) is 3. The molecule has 3 amide bonds. The number of carbonyl (C=O) groups is 3. The molecule has 3 N–H and O–H groups in total. The summed E-state index contributed by atoms with van der Waals surface area (Å²) in [5.74, 6) is -0.903. The first kappa shape index (κ1) is 21.3. The van der Waals surface area contributed by atoms with Crippen molar-refractivity contribution in [2.24, 2.45) is 0 Å². The smallest absolute Gasteiger partial charge is 0.254 e. The van der Waals surface area contributed by atoms with Crippen LogP contribution in [0.2, 0.25) is 0 Å². The molecule has 6 nitrogen and oxygen atoms in total. The predicted octanol–water partition coefficient (Wildman–Crippen LogP) is 3.47. The maximum Gasteiger partial charge on any atom is 0.254 e. The van der Waals surface area contributed by atoms with Crippen molar-refractivity contribution in [3.8, 4) is 0 Å². The molecule has 1 aliphatic rings. The summed E-state index contributed by atoms with van der Waals surface area (Å²) in [6.07, 6.45) is 0.599. The Morgan fingerprint density at radius 1 is 0.844 bits per heavy atom. The molecule has 1 aliphatic heterocycles. The first-order valence-electron chi connectivity index (χ1n) is 10.7. The van der Waals surface area contributed by atoms with Crippen molar-refractivity contribution in [1.29, 1.82) is 0 Å². The van der Waals surface area contributed by atoms with Gasteiger partial charge in [0.25, 0.3) is 5.91 Å². The highest BCUT2D eigenvalue weighted by Crippen LogP contribution is 2.27. The fourth-order valence-electron chi connectivity index (χ4n) is 3.97. The van der Waals surface area contributed by atoms with Crippen molar-refractivity contribution in [3.63, 3.8) is 0 Å². The van der Waals surface area contributed by atoms with E-state index >= 15 is 0 Å². The monoisotopic (exact) mass is 427 g/mol.